The number of sulfonamides is 1. The topological polar surface area (TPSA) is 72.9 Å². The summed E-state index contributed by atoms with van der Waals surface area (Å²) in [5.74, 6) is -1.44. The summed E-state index contributed by atoms with van der Waals surface area (Å²) in [5, 5.41) is 0. The summed E-state index contributed by atoms with van der Waals surface area (Å²) in [5.41, 5.74) is 1.07. The smallest absolute Gasteiger partial charge is 0.343 e. The van der Waals surface area contributed by atoms with Crippen LogP contribution < -0.4 is 13.8 Å². The molecule has 4 aromatic rings. The standard InChI is InChI=1S/C27H22FNO5S/c1-33-26-17-8-6-15-24(26)29(19-20-10-3-2-4-11-20)35(31,32)22-13-9-12-21(18-22)27(30)34-25-16-7-5-14-23(25)28/h2-18H,19H2,1H3. The lowest BCUT2D eigenvalue weighted by Crippen LogP contribution is -2.31. The van der Waals surface area contributed by atoms with Crippen molar-refractivity contribution in [3.05, 3.63) is 120 Å². The Morgan fingerprint density at radius 1 is 0.829 bits per heavy atom. The van der Waals surface area contributed by atoms with Gasteiger partial charge in [-0.1, -0.05) is 60.7 Å². The number of esters is 1. The number of hydrogen-bond acceptors (Lipinski definition) is 5. The number of ether oxygens (including phenoxy) is 2. The normalized spacial score (nSPS) is 11.0. The molecule has 4 aromatic carbocycles. The Balaban J connectivity index is 1.73. The molecule has 0 radical (unpaired) electrons. The summed E-state index contributed by atoms with van der Waals surface area (Å²) in [6.45, 7) is 0.0352. The van der Waals surface area contributed by atoms with E-state index in [0.29, 0.717) is 11.4 Å². The summed E-state index contributed by atoms with van der Waals surface area (Å²) in [4.78, 5) is 12.5. The Kier molecular flexibility index (Phi) is 7.12. The Hall–Kier alpha value is -4.17. The van der Waals surface area contributed by atoms with Crippen molar-refractivity contribution in [3.8, 4) is 11.5 Å². The average Bonchev–Trinajstić information content (AvgIpc) is 2.89. The third kappa shape index (κ3) is 5.33. The number of benzene rings is 4. The van der Waals surface area contributed by atoms with Gasteiger partial charge in [-0.25, -0.2) is 17.6 Å². The van der Waals surface area contributed by atoms with Crippen LogP contribution in [0.15, 0.2) is 108 Å². The Labute approximate surface area is 203 Å². The highest BCUT2D eigenvalue weighted by Crippen LogP contribution is 2.34. The summed E-state index contributed by atoms with van der Waals surface area (Å²) >= 11 is 0. The molecule has 6 nitrogen and oxygen atoms in total. The average molecular weight is 492 g/mol. The number of hydrogen-bond donors (Lipinski definition) is 0. The minimum absolute atomic E-state index is 0.0333. The minimum atomic E-state index is -4.15. The van der Waals surface area contributed by atoms with Gasteiger partial charge in [0.25, 0.3) is 10.0 Å². The summed E-state index contributed by atoms with van der Waals surface area (Å²) in [7, 11) is -2.69. The van der Waals surface area contributed by atoms with Gasteiger partial charge in [-0.3, -0.25) is 4.31 Å². The van der Waals surface area contributed by atoms with Crippen molar-refractivity contribution in [3.63, 3.8) is 0 Å². The van der Waals surface area contributed by atoms with Crippen LogP contribution in [0, 0.1) is 5.82 Å². The highest BCUT2D eigenvalue weighted by atomic mass is 32.2. The SMILES string of the molecule is COc1ccccc1N(Cc1ccccc1)S(=O)(=O)c1cccc(C(=O)Oc2ccccc2F)c1. The van der Waals surface area contributed by atoms with Gasteiger partial charge in [0.1, 0.15) is 5.75 Å². The van der Waals surface area contributed by atoms with Crippen molar-refractivity contribution in [1.82, 2.24) is 0 Å². The van der Waals surface area contributed by atoms with Gasteiger partial charge in [-0.2, -0.15) is 0 Å². The lowest BCUT2D eigenvalue weighted by molar-refractivity contribution is 0.0727. The third-order valence-electron chi connectivity index (χ3n) is 5.22. The van der Waals surface area contributed by atoms with E-state index in [1.807, 2.05) is 30.3 Å². The highest BCUT2D eigenvalue weighted by Gasteiger charge is 2.28. The molecule has 4 rings (SSSR count). The number of carbonyl (C=O) groups excluding carboxylic acids is 1. The van der Waals surface area contributed by atoms with Crippen molar-refractivity contribution in [2.45, 2.75) is 11.4 Å². The van der Waals surface area contributed by atoms with Gasteiger partial charge in [0.15, 0.2) is 11.6 Å². The van der Waals surface area contributed by atoms with Crippen LogP contribution in [0.25, 0.3) is 0 Å². The maximum Gasteiger partial charge on any atom is 0.343 e. The van der Waals surface area contributed by atoms with Crippen LogP contribution in [0.1, 0.15) is 15.9 Å². The van der Waals surface area contributed by atoms with Crippen molar-refractivity contribution in [2.75, 3.05) is 11.4 Å². The molecule has 0 bridgehead atoms. The van der Waals surface area contributed by atoms with Gasteiger partial charge in [-0.15, -0.1) is 0 Å². The number of halogens is 1. The van der Waals surface area contributed by atoms with Crippen molar-refractivity contribution < 1.29 is 27.1 Å². The molecule has 0 amide bonds. The van der Waals surface area contributed by atoms with Crippen LogP contribution >= 0.6 is 0 Å². The fourth-order valence-electron chi connectivity index (χ4n) is 3.48. The lowest BCUT2D eigenvalue weighted by Gasteiger charge is -2.26. The molecule has 0 fully saturated rings. The van der Waals surface area contributed by atoms with E-state index in [1.165, 1.54) is 53.9 Å². The zero-order valence-corrected chi connectivity index (χ0v) is 19.6. The van der Waals surface area contributed by atoms with Crippen LogP contribution in [0.2, 0.25) is 0 Å². The predicted octanol–water partition coefficient (Wildman–Crippen LogP) is 5.45. The molecule has 8 heteroatoms. The van der Waals surface area contributed by atoms with Crippen LogP contribution in [0.5, 0.6) is 11.5 Å². The van der Waals surface area contributed by atoms with Gasteiger partial charge in [0.2, 0.25) is 0 Å². The zero-order valence-electron chi connectivity index (χ0n) is 18.8. The van der Waals surface area contributed by atoms with Crippen molar-refractivity contribution in [1.29, 1.82) is 0 Å². The molecular formula is C27H22FNO5S. The zero-order chi connectivity index (χ0) is 24.8. The molecule has 0 aromatic heterocycles. The molecule has 0 aliphatic heterocycles. The molecule has 178 valence electrons. The summed E-state index contributed by atoms with van der Waals surface area (Å²) in [6, 6.07) is 26.8. The maximum atomic E-state index is 13.9. The number of anilines is 1. The Morgan fingerprint density at radius 2 is 1.49 bits per heavy atom. The fraction of sp³-hybridized carbons (Fsp3) is 0.0741. The maximum absolute atomic E-state index is 13.9. The molecular weight excluding hydrogens is 469 g/mol. The first-order valence-corrected chi connectivity index (χ1v) is 12.1. The van der Waals surface area contributed by atoms with E-state index in [-0.39, 0.29) is 22.8 Å². The lowest BCUT2D eigenvalue weighted by atomic mass is 10.2. The molecule has 35 heavy (non-hydrogen) atoms. The van der Waals surface area contributed by atoms with E-state index in [0.717, 1.165) is 11.6 Å². The minimum Gasteiger partial charge on any atom is -0.495 e. The van der Waals surface area contributed by atoms with Crippen LogP contribution in [0.3, 0.4) is 0 Å². The highest BCUT2D eigenvalue weighted by molar-refractivity contribution is 7.92. The molecule has 0 unspecified atom stereocenters. The molecule has 0 aliphatic carbocycles. The first kappa shape index (κ1) is 24.0. The number of methoxy groups -OCH3 is 1. The van der Waals surface area contributed by atoms with E-state index in [1.54, 1.807) is 24.3 Å². The van der Waals surface area contributed by atoms with Gasteiger partial charge >= 0.3 is 5.97 Å². The molecule has 0 saturated heterocycles. The summed E-state index contributed by atoms with van der Waals surface area (Å²) in [6.07, 6.45) is 0. The van der Waals surface area contributed by atoms with Gasteiger partial charge < -0.3 is 9.47 Å². The third-order valence-corrected chi connectivity index (χ3v) is 6.98. The van der Waals surface area contributed by atoms with E-state index < -0.39 is 21.8 Å². The van der Waals surface area contributed by atoms with Crippen LogP contribution in [-0.4, -0.2) is 21.5 Å². The quantitative estimate of drug-likeness (QED) is 0.242. The molecule has 0 spiro atoms. The second kappa shape index (κ2) is 10.4. The van der Waals surface area contributed by atoms with E-state index in [2.05, 4.69) is 0 Å². The molecule has 0 heterocycles. The number of nitrogens with zero attached hydrogens (tertiary/aromatic N) is 1. The number of para-hydroxylation sites is 3. The van der Waals surface area contributed by atoms with Crippen molar-refractivity contribution >= 4 is 21.7 Å². The number of rotatable bonds is 8. The number of carbonyl (C=O) groups is 1. The first-order chi connectivity index (χ1) is 16.9. The fourth-order valence-corrected chi connectivity index (χ4v) is 4.99. The van der Waals surface area contributed by atoms with Crippen LogP contribution in [0.4, 0.5) is 10.1 Å². The molecule has 0 N–H and O–H groups in total. The van der Waals surface area contributed by atoms with Gasteiger partial charge in [0.05, 0.1) is 29.8 Å². The van der Waals surface area contributed by atoms with Crippen molar-refractivity contribution in [2.24, 2.45) is 0 Å². The van der Waals surface area contributed by atoms with Gasteiger partial charge in [-0.05, 0) is 48.0 Å². The Morgan fingerprint density at radius 3 is 2.20 bits per heavy atom. The molecule has 0 aliphatic rings. The predicted molar refractivity (Wildman–Crippen MR) is 131 cm³/mol. The second-order valence-electron chi connectivity index (χ2n) is 7.52. The summed E-state index contributed by atoms with van der Waals surface area (Å²) < 4.78 is 53.4. The van der Waals surface area contributed by atoms with E-state index in [4.69, 9.17) is 9.47 Å². The monoisotopic (exact) mass is 491 g/mol. The van der Waals surface area contributed by atoms with E-state index >= 15 is 0 Å². The first-order valence-electron chi connectivity index (χ1n) is 10.7. The van der Waals surface area contributed by atoms with E-state index in [9.17, 15) is 17.6 Å². The van der Waals surface area contributed by atoms with Crippen LogP contribution in [-0.2, 0) is 16.6 Å². The van der Waals surface area contributed by atoms with Gasteiger partial charge in [0, 0.05) is 0 Å². The second-order valence-corrected chi connectivity index (χ2v) is 9.38. The largest absolute Gasteiger partial charge is 0.495 e. The molecule has 0 atom stereocenters. The molecule has 0 saturated carbocycles. The Bertz CT molecular complexity index is 1440.